The van der Waals surface area contributed by atoms with Crippen LogP contribution in [0.3, 0.4) is 0 Å². The Labute approximate surface area is 130 Å². The molecule has 2 N–H and O–H groups in total. The van der Waals surface area contributed by atoms with Crippen LogP contribution in [0.4, 0.5) is 0 Å². The molecule has 0 amide bonds. The molecule has 0 spiro atoms. The molecule has 0 atom stereocenters. The van der Waals surface area contributed by atoms with Crippen molar-refractivity contribution in [1.82, 2.24) is 10.0 Å². The van der Waals surface area contributed by atoms with Gasteiger partial charge >= 0.3 is 0 Å². The standard InChI is InChI=1S/C14H22N2O3S2/c17-21(18,16-7-8-19-10-11-1-2-11)14-6-5-13(20-14)9-15-12-3-4-12/h5-6,11-12,15-16H,1-4,7-10H2. The van der Waals surface area contributed by atoms with Gasteiger partial charge in [-0.25, -0.2) is 13.1 Å². The minimum absolute atomic E-state index is 0.336. The predicted octanol–water partition coefficient (Wildman–Crippen LogP) is 1.70. The highest BCUT2D eigenvalue weighted by molar-refractivity contribution is 7.91. The number of hydrogen-bond acceptors (Lipinski definition) is 5. The molecule has 2 fully saturated rings. The van der Waals surface area contributed by atoms with Crippen molar-refractivity contribution >= 4 is 21.4 Å². The van der Waals surface area contributed by atoms with E-state index in [-0.39, 0.29) is 0 Å². The third kappa shape index (κ3) is 5.03. The summed E-state index contributed by atoms with van der Waals surface area (Å²) in [4.78, 5) is 1.06. The molecule has 21 heavy (non-hydrogen) atoms. The zero-order chi connectivity index (χ0) is 14.7. The highest BCUT2D eigenvalue weighted by atomic mass is 32.2. The van der Waals surface area contributed by atoms with Crippen molar-refractivity contribution in [3.05, 3.63) is 17.0 Å². The molecular weight excluding hydrogens is 308 g/mol. The fourth-order valence-corrected chi connectivity index (χ4v) is 4.35. The normalized spacial score (nSPS) is 19.0. The number of hydrogen-bond donors (Lipinski definition) is 2. The van der Waals surface area contributed by atoms with Crippen LogP contribution in [0.2, 0.25) is 0 Å². The molecule has 0 aromatic carbocycles. The van der Waals surface area contributed by atoms with Crippen molar-refractivity contribution in [3.63, 3.8) is 0 Å². The Hall–Kier alpha value is -0.470. The zero-order valence-corrected chi connectivity index (χ0v) is 13.6. The number of rotatable bonds is 10. The number of ether oxygens (including phenoxy) is 1. The Kier molecular flexibility index (Phi) is 4.96. The molecule has 3 rings (SSSR count). The highest BCUT2D eigenvalue weighted by Crippen LogP contribution is 2.28. The van der Waals surface area contributed by atoms with E-state index in [4.69, 9.17) is 4.74 Å². The Bertz CT molecular complexity index is 563. The molecule has 5 nitrogen and oxygen atoms in total. The van der Waals surface area contributed by atoms with Crippen LogP contribution in [0.1, 0.15) is 30.6 Å². The third-order valence-corrected chi connectivity index (χ3v) is 6.67. The Balaban J connectivity index is 1.41. The van der Waals surface area contributed by atoms with Gasteiger partial charge in [0.15, 0.2) is 0 Å². The second kappa shape index (κ2) is 6.75. The Morgan fingerprint density at radius 1 is 1.24 bits per heavy atom. The Morgan fingerprint density at radius 3 is 2.76 bits per heavy atom. The summed E-state index contributed by atoms with van der Waals surface area (Å²) in [5, 5.41) is 3.39. The highest BCUT2D eigenvalue weighted by Gasteiger charge is 2.22. The van der Waals surface area contributed by atoms with E-state index in [2.05, 4.69) is 10.0 Å². The topological polar surface area (TPSA) is 67.4 Å². The maximum Gasteiger partial charge on any atom is 0.250 e. The monoisotopic (exact) mass is 330 g/mol. The lowest BCUT2D eigenvalue weighted by molar-refractivity contribution is 0.129. The van der Waals surface area contributed by atoms with Gasteiger partial charge in [-0.1, -0.05) is 0 Å². The molecule has 1 heterocycles. The van der Waals surface area contributed by atoms with Crippen LogP contribution >= 0.6 is 11.3 Å². The van der Waals surface area contributed by atoms with Crippen LogP contribution in [0.15, 0.2) is 16.3 Å². The van der Waals surface area contributed by atoms with Crippen molar-refractivity contribution in [2.75, 3.05) is 19.8 Å². The summed E-state index contributed by atoms with van der Waals surface area (Å²) in [7, 11) is -3.39. The van der Waals surface area contributed by atoms with E-state index in [1.54, 1.807) is 6.07 Å². The van der Waals surface area contributed by atoms with Gasteiger partial charge in [0.2, 0.25) is 10.0 Å². The minimum atomic E-state index is -3.39. The summed E-state index contributed by atoms with van der Waals surface area (Å²) in [6, 6.07) is 4.20. The van der Waals surface area contributed by atoms with Gasteiger partial charge in [-0.15, -0.1) is 11.3 Å². The molecule has 7 heteroatoms. The molecule has 1 aromatic heterocycles. The second-order valence-corrected chi connectivity index (χ2v) is 8.95. The minimum Gasteiger partial charge on any atom is -0.380 e. The fraction of sp³-hybridized carbons (Fsp3) is 0.714. The smallest absolute Gasteiger partial charge is 0.250 e. The van der Waals surface area contributed by atoms with Crippen molar-refractivity contribution in [1.29, 1.82) is 0 Å². The van der Waals surface area contributed by atoms with Gasteiger partial charge in [0.1, 0.15) is 4.21 Å². The predicted molar refractivity (Wildman–Crippen MR) is 82.9 cm³/mol. The SMILES string of the molecule is O=S(=O)(NCCOCC1CC1)c1ccc(CNC2CC2)s1. The van der Waals surface area contributed by atoms with Crippen molar-refractivity contribution in [2.24, 2.45) is 5.92 Å². The second-order valence-electron chi connectivity index (χ2n) is 5.79. The molecule has 0 saturated heterocycles. The van der Waals surface area contributed by atoms with E-state index in [0.717, 1.165) is 18.0 Å². The fourth-order valence-electron chi connectivity index (χ4n) is 1.98. The molecule has 2 saturated carbocycles. The van der Waals surface area contributed by atoms with Crippen LogP contribution in [0.5, 0.6) is 0 Å². The lowest BCUT2D eigenvalue weighted by atomic mass is 10.4. The van der Waals surface area contributed by atoms with E-state index < -0.39 is 10.0 Å². The van der Waals surface area contributed by atoms with Gasteiger partial charge in [0.05, 0.1) is 6.61 Å². The van der Waals surface area contributed by atoms with Crippen LogP contribution in [-0.4, -0.2) is 34.2 Å². The molecule has 0 unspecified atom stereocenters. The van der Waals surface area contributed by atoms with Gasteiger partial charge in [-0.3, -0.25) is 0 Å². The third-order valence-electron chi connectivity index (χ3n) is 3.63. The lowest BCUT2D eigenvalue weighted by Crippen LogP contribution is -2.27. The van der Waals surface area contributed by atoms with Crippen LogP contribution < -0.4 is 10.0 Å². The number of nitrogens with one attached hydrogen (secondary N) is 2. The van der Waals surface area contributed by atoms with Crippen LogP contribution in [0, 0.1) is 5.92 Å². The zero-order valence-electron chi connectivity index (χ0n) is 12.0. The van der Waals surface area contributed by atoms with E-state index in [9.17, 15) is 8.42 Å². The summed E-state index contributed by atoms with van der Waals surface area (Å²) in [6.07, 6.45) is 4.97. The lowest BCUT2D eigenvalue weighted by Gasteiger charge is -2.05. The number of sulfonamides is 1. The first kappa shape index (κ1) is 15.4. The average molecular weight is 330 g/mol. The van der Waals surface area contributed by atoms with Gasteiger partial charge in [-0.2, -0.15) is 0 Å². The largest absolute Gasteiger partial charge is 0.380 e. The van der Waals surface area contributed by atoms with Crippen molar-refractivity contribution < 1.29 is 13.2 Å². The molecule has 2 aliphatic carbocycles. The molecule has 2 aliphatic rings. The van der Waals surface area contributed by atoms with E-state index in [1.165, 1.54) is 37.0 Å². The van der Waals surface area contributed by atoms with Crippen molar-refractivity contribution in [3.8, 4) is 0 Å². The summed E-state index contributed by atoms with van der Waals surface area (Å²) >= 11 is 1.33. The Morgan fingerprint density at radius 2 is 2.05 bits per heavy atom. The summed E-state index contributed by atoms with van der Waals surface area (Å²) in [5.41, 5.74) is 0. The first-order valence-corrected chi connectivity index (χ1v) is 9.83. The maximum atomic E-state index is 12.1. The summed E-state index contributed by atoms with van der Waals surface area (Å²) in [5.74, 6) is 0.709. The molecule has 1 aromatic rings. The van der Waals surface area contributed by atoms with E-state index in [0.29, 0.717) is 29.3 Å². The van der Waals surface area contributed by atoms with E-state index >= 15 is 0 Å². The van der Waals surface area contributed by atoms with Crippen LogP contribution in [0.25, 0.3) is 0 Å². The van der Waals surface area contributed by atoms with Crippen LogP contribution in [-0.2, 0) is 21.3 Å². The maximum absolute atomic E-state index is 12.1. The van der Waals surface area contributed by atoms with Gasteiger partial charge < -0.3 is 10.1 Å². The summed E-state index contributed by atoms with van der Waals surface area (Å²) in [6.45, 7) is 2.30. The van der Waals surface area contributed by atoms with Gasteiger partial charge in [-0.05, 0) is 43.7 Å². The molecule has 118 valence electrons. The molecular formula is C14H22N2O3S2. The molecule has 0 aliphatic heterocycles. The molecule has 0 radical (unpaired) electrons. The average Bonchev–Trinajstić information content (AvgIpc) is 3.37. The summed E-state index contributed by atoms with van der Waals surface area (Å²) < 4.78 is 32.7. The van der Waals surface area contributed by atoms with E-state index in [1.807, 2.05) is 6.07 Å². The quantitative estimate of drug-likeness (QED) is 0.641. The molecule has 0 bridgehead atoms. The van der Waals surface area contributed by atoms with Gasteiger partial charge in [0.25, 0.3) is 0 Å². The first-order valence-electron chi connectivity index (χ1n) is 7.53. The first-order chi connectivity index (χ1) is 10.1. The van der Waals surface area contributed by atoms with Gasteiger partial charge in [0, 0.05) is 30.6 Å². The van der Waals surface area contributed by atoms with Crippen molar-refractivity contribution in [2.45, 2.75) is 42.5 Å². The number of thiophene rings is 1.